The molecule has 2 aliphatic heterocycles. The lowest BCUT2D eigenvalue weighted by molar-refractivity contribution is 0.0703. The number of ether oxygens (including phenoxy) is 2. The van der Waals surface area contributed by atoms with E-state index in [4.69, 9.17) is 9.47 Å². The van der Waals surface area contributed by atoms with Gasteiger partial charge in [0.25, 0.3) is 5.91 Å². The topological polar surface area (TPSA) is 67.5 Å². The van der Waals surface area contributed by atoms with Gasteiger partial charge in [-0.05, 0) is 38.0 Å². The summed E-state index contributed by atoms with van der Waals surface area (Å²) in [4.78, 5) is 22.5. The fourth-order valence-corrected chi connectivity index (χ4v) is 3.38. The van der Waals surface area contributed by atoms with Gasteiger partial charge < -0.3 is 19.4 Å². The lowest BCUT2D eigenvalue weighted by Gasteiger charge is -2.32. The number of nitrogens with zero attached hydrogens (tertiary/aromatic N) is 2. The summed E-state index contributed by atoms with van der Waals surface area (Å²) in [6.07, 6.45) is 3.88. The number of hydrogen-bond acceptors (Lipinski definition) is 4. The zero-order chi connectivity index (χ0) is 16.5. The van der Waals surface area contributed by atoms with Gasteiger partial charge in [-0.15, -0.1) is 0 Å². The van der Waals surface area contributed by atoms with Gasteiger partial charge in [-0.1, -0.05) is 0 Å². The van der Waals surface area contributed by atoms with Crippen LogP contribution in [0.4, 0.5) is 0 Å². The summed E-state index contributed by atoms with van der Waals surface area (Å²) in [7, 11) is 0. The molecule has 0 saturated carbocycles. The number of fused-ring (bicyclic) bond motifs is 1. The van der Waals surface area contributed by atoms with Crippen molar-refractivity contribution in [1.29, 1.82) is 0 Å². The van der Waals surface area contributed by atoms with Crippen molar-refractivity contribution in [2.24, 2.45) is 0 Å². The number of H-pyrrole nitrogens is 1. The summed E-state index contributed by atoms with van der Waals surface area (Å²) >= 11 is 0. The average molecular weight is 327 g/mol. The molecule has 126 valence electrons. The first-order valence-corrected chi connectivity index (χ1v) is 8.41. The van der Waals surface area contributed by atoms with Crippen molar-refractivity contribution in [1.82, 2.24) is 14.9 Å². The quantitative estimate of drug-likeness (QED) is 0.920. The summed E-state index contributed by atoms with van der Waals surface area (Å²) in [6, 6.07) is 5.42. The molecule has 1 saturated heterocycles. The molecule has 0 spiro atoms. The molecule has 2 aromatic rings. The Labute approximate surface area is 140 Å². The molecule has 24 heavy (non-hydrogen) atoms. The highest BCUT2D eigenvalue weighted by Gasteiger charge is 2.27. The predicted molar refractivity (Wildman–Crippen MR) is 88.6 cm³/mol. The molecule has 1 fully saturated rings. The molecule has 1 amide bonds. The highest BCUT2D eigenvalue weighted by molar-refractivity contribution is 5.95. The van der Waals surface area contributed by atoms with Crippen LogP contribution in [0.5, 0.6) is 11.5 Å². The van der Waals surface area contributed by atoms with Crippen LogP contribution in [0.3, 0.4) is 0 Å². The number of aromatic amines is 1. The fourth-order valence-electron chi connectivity index (χ4n) is 3.38. The molecular formula is C18H21N3O3. The molecule has 2 aliphatic rings. The minimum atomic E-state index is 0.0416. The van der Waals surface area contributed by atoms with Crippen LogP contribution in [0.1, 0.15) is 40.6 Å². The first-order chi connectivity index (χ1) is 11.7. The molecule has 1 N–H and O–H groups in total. The Hall–Kier alpha value is -2.50. The number of carbonyl (C=O) groups is 1. The number of rotatable bonds is 2. The van der Waals surface area contributed by atoms with E-state index in [1.165, 1.54) is 0 Å². The smallest absolute Gasteiger partial charge is 0.254 e. The van der Waals surface area contributed by atoms with Crippen LogP contribution in [0.2, 0.25) is 0 Å². The lowest BCUT2D eigenvalue weighted by atomic mass is 9.96. The van der Waals surface area contributed by atoms with Crippen molar-refractivity contribution in [2.45, 2.75) is 25.7 Å². The third-order valence-electron chi connectivity index (χ3n) is 4.61. The van der Waals surface area contributed by atoms with Gasteiger partial charge in [-0.3, -0.25) is 4.79 Å². The Bertz CT molecular complexity index is 756. The largest absolute Gasteiger partial charge is 0.486 e. The summed E-state index contributed by atoms with van der Waals surface area (Å²) in [5.41, 5.74) is 1.70. The first-order valence-electron chi connectivity index (χ1n) is 8.41. The second kappa shape index (κ2) is 6.19. The van der Waals surface area contributed by atoms with Crippen molar-refractivity contribution in [3.05, 3.63) is 41.5 Å². The molecule has 4 rings (SSSR count). The van der Waals surface area contributed by atoms with Crippen LogP contribution in [0, 0.1) is 6.92 Å². The molecular weight excluding hydrogens is 306 g/mol. The lowest BCUT2D eigenvalue weighted by Crippen LogP contribution is -2.39. The minimum Gasteiger partial charge on any atom is -0.486 e. The van der Waals surface area contributed by atoms with Gasteiger partial charge in [0.15, 0.2) is 11.5 Å². The highest BCUT2D eigenvalue weighted by atomic mass is 16.6. The summed E-state index contributed by atoms with van der Waals surface area (Å²) in [5.74, 6) is 2.66. The van der Waals surface area contributed by atoms with Crippen molar-refractivity contribution in [2.75, 3.05) is 26.3 Å². The summed E-state index contributed by atoms with van der Waals surface area (Å²) < 4.78 is 11.1. The van der Waals surface area contributed by atoms with Crippen molar-refractivity contribution < 1.29 is 14.3 Å². The summed E-state index contributed by atoms with van der Waals surface area (Å²) in [6.45, 7) is 4.55. The number of likely N-dealkylation sites (tertiary alicyclic amines) is 1. The first kappa shape index (κ1) is 15.1. The van der Waals surface area contributed by atoms with Crippen molar-refractivity contribution >= 4 is 5.91 Å². The highest BCUT2D eigenvalue weighted by Crippen LogP contribution is 2.32. The van der Waals surface area contributed by atoms with Gasteiger partial charge in [0, 0.05) is 36.5 Å². The number of nitrogens with one attached hydrogen (secondary N) is 1. The standard InChI is InChI=1S/C18H21N3O3/c1-12-10-19-17(20-12)14-3-2-6-21(11-14)18(22)13-4-5-15-16(9-13)24-8-7-23-15/h4-5,9-10,14H,2-3,6-8,11H2,1H3,(H,19,20)/t14-/m0/s1. The molecule has 1 aromatic carbocycles. The molecule has 6 nitrogen and oxygen atoms in total. The average Bonchev–Trinajstić information content (AvgIpc) is 3.07. The number of aromatic nitrogens is 2. The van der Waals surface area contributed by atoms with E-state index in [2.05, 4.69) is 9.97 Å². The number of piperidine rings is 1. The van der Waals surface area contributed by atoms with Crippen LogP contribution in [0.25, 0.3) is 0 Å². The van der Waals surface area contributed by atoms with Crippen LogP contribution in [-0.4, -0.2) is 47.1 Å². The van der Waals surface area contributed by atoms with E-state index in [1.807, 2.05) is 30.2 Å². The van der Waals surface area contributed by atoms with Crippen LogP contribution >= 0.6 is 0 Å². The molecule has 0 bridgehead atoms. The Balaban J connectivity index is 1.51. The van der Waals surface area contributed by atoms with Crippen molar-refractivity contribution in [3.63, 3.8) is 0 Å². The van der Waals surface area contributed by atoms with Crippen LogP contribution in [-0.2, 0) is 0 Å². The molecule has 1 aromatic heterocycles. The monoisotopic (exact) mass is 327 g/mol. The Morgan fingerprint density at radius 3 is 2.92 bits per heavy atom. The normalized spacial score (nSPS) is 20.0. The van der Waals surface area contributed by atoms with Gasteiger partial charge in [-0.2, -0.15) is 0 Å². The van der Waals surface area contributed by atoms with Crippen LogP contribution in [0.15, 0.2) is 24.4 Å². The van der Waals surface area contributed by atoms with Crippen molar-refractivity contribution in [3.8, 4) is 11.5 Å². The van der Waals surface area contributed by atoms with Gasteiger partial charge in [-0.25, -0.2) is 4.98 Å². The maximum absolute atomic E-state index is 12.9. The SMILES string of the molecule is Cc1cnc([C@H]2CCCN(C(=O)c3ccc4c(c3)OCCO4)C2)[nH]1. The van der Waals surface area contributed by atoms with E-state index in [-0.39, 0.29) is 11.8 Å². The van der Waals surface area contributed by atoms with Gasteiger partial charge >= 0.3 is 0 Å². The number of carbonyl (C=O) groups excluding carboxylic acids is 1. The number of hydrogen-bond donors (Lipinski definition) is 1. The number of aryl methyl sites for hydroxylation is 1. The molecule has 6 heteroatoms. The maximum Gasteiger partial charge on any atom is 0.254 e. The molecule has 3 heterocycles. The zero-order valence-corrected chi connectivity index (χ0v) is 13.7. The number of imidazole rings is 1. The molecule has 0 unspecified atom stereocenters. The van der Waals surface area contributed by atoms with Gasteiger partial charge in [0.1, 0.15) is 19.0 Å². The van der Waals surface area contributed by atoms with Gasteiger partial charge in [0.2, 0.25) is 0 Å². The number of benzene rings is 1. The maximum atomic E-state index is 12.9. The fraction of sp³-hybridized carbons (Fsp3) is 0.444. The Kier molecular flexibility index (Phi) is 3.88. The predicted octanol–water partition coefficient (Wildman–Crippen LogP) is 2.51. The molecule has 0 radical (unpaired) electrons. The number of amides is 1. The van der Waals surface area contributed by atoms with E-state index in [9.17, 15) is 4.79 Å². The minimum absolute atomic E-state index is 0.0416. The van der Waals surface area contributed by atoms with E-state index in [0.29, 0.717) is 36.8 Å². The van der Waals surface area contributed by atoms with E-state index >= 15 is 0 Å². The third-order valence-corrected chi connectivity index (χ3v) is 4.61. The van der Waals surface area contributed by atoms with Crippen LogP contribution < -0.4 is 9.47 Å². The second-order valence-electron chi connectivity index (χ2n) is 6.40. The van der Waals surface area contributed by atoms with Gasteiger partial charge in [0.05, 0.1) is 0 Å². The second-order valence-corrected chi connectivity index (χ2v) is 6.40. The Morgan fingerprint density at radius 1 is 1.29 bits per heavy atom. The Morgan fingerprint density at radius 2 is 2.12 bits per heavy atom. The third kappa shape index (κ3) is 2.84. The van der Waals surface area contributed by atoms with E-state index in [1.54, 1.807) is 6.07 Å². The summed E-state index contributed by atoms with van der Waals surface area (Å²) in [5, 5.41) is 0. The van der Waals surface area contributed by atoms with E-state index in [0.717, 1.165) is 30.9 Å². The van der Waals surface area contributed by atoms with E-state index < -0.39 is 0 Å². The molecule has 1 atom stereocenters. The molecule has 0 aliphatic carbocycles. The zero-order valence-electron chi connectivity index (χ0n) is 13.7.